The van der Waals surface area contributed by atoms with Gasteiger partial charge < -0.3 is 13.6 Å². The molecule has 7 nitrogen and oxygen atoms in total. The van der Waals surface area contributed by atoms with Gasteiger partial charge in [-0.1, -0.05) is 71.5 Å². The summed E-state index contributed by atoms with van der Waals surface area (Å²) in [7, 11) is -4.26. The van der Waals surface area contributed by atoms with Crippen molar-refractivity contribution < 1.29 is 13.6 Å². The van der Waals surface area contributed by atoms with Crippen molar-refractivity contribution in [1.82, 2.24) is 9.55 Å². The van der Waals surface area contributed by atoms with E-state index in [1.54, 1.807) is 13.1 Å². The van der Waals surface area contributed by atoms with E-state index in [1.807, 2.05) is 30.3 Å². The summed E-state index contributed by atoms with van der Waals surface area (Å²) in [6, 6.07) is 9.90. The molecule has 1 aliphatic rings. The fraction of sp³-hybridized carbons (Fsp3) is 0.643. The lowest BCUT2D eigenvalue weighted by Crippen LogP contribution is -2.48. The van der Waals surface area contributed by atoms with E-state index >= 15 is 0 Å². The van der Waals surface area contributed by atoms with Gasteiger partial charge in [-0.25, -0.2) is 4.79 Å². The van der Waals surface area contributed by atoms with Crippen molar-refractivity contribution in [3.05, 3.63) is 62.9 Å². The average Bonchev–Trinajstić information content (AvgIpc) is 3.11. The lowest BCUT2D eigenvalue weighted by molar-refractivity contribution is -0.0609. The highest BCUT2D eigenvalue weighted by atomic mass is 32.2. The Morgan fingerprint density at radius 1 is 1.03 bits per heavy atom. The van der Waals surface area contributed by atoms with Crippen molar-refractivity contribution in [3.63, 3.8) is 0 Å². The van der Waals surface area contributed by atoms with Gasteiger partial charge in [0.2, 0.25) is 5.06 Å². The van der Waals surface area contributed by atoms with E-state index in [0.29, 0.717) is 18.6 Å². The number of aromatic amines is 1. The molecule has 1 N–H and O–H groups in total. The molecule has 3 rings (SSSR count). The number of thioether (sulfide) groups is 1. The first-order valence-electron chi connectivity index (χ1n) is 13.3. The number of ether oxygens (including phenoxy) is 1. The van der Waals surface area contributed by atoms with Crippen LogP contribution in [0.1, 0.15) is 53.5 Å². The third-order valence-corrected chi connectivity index (χ3v) is 18.7. The molecule has 3 atom stereocenters. The van der Waals surface area contributed by atoms with Gasteiger partial charge in [-0.3, -0.25) is 14.3 Å². The first-order chi connectivity index (χ1) is 17.3. The SMILES string of the molecule is Cc1cn([C@@]2(Sc3ccccc3)C[C@H](O[Si](C)(C)C(C)(C)C)[C@@H](CO[Si](C)(C)C(C)(C)C)O2)c(=O)[nH]c1=O. The summed E-state index contributed by atoms with van der Waals surface area (Å²) >= 11 is 1.47. The maximum atomic E-state index is 13.2. The van der Waals surface area contributed by atoms with E-state index in [4.69, 9.17) is 13.6 Å². The highest BCUT2D eigenvalue weighted by Gasteiger charge is 2.53. The zero-order valence-corrected chi connectivity index (χ0v) is 27.7. The number of nitrogens with zero attached hydrogens (tertiary/aromatic N) is 1. The third-order valence-electron chi connectivity index (χ3n) is 8.38. The van der Waals surface area contributed by atoms with Crippen molar-refractivity contribution in [2.24, 2.45) is 0 Å². The second kappa shape index (κ2) is 10.9. The number of hydrogen-bond acceptors (Lipinski definition) is 6. The molecule has 38 heavy (non-hydrogen) atoms. The summed E-state index contributed by atoms with van der Waals surface area (Å²) in [5, 5.41) is -1.06. The Labute approximate surface area is 233 Å². The van der Waals surface area contributed by atoms with Gasteiger partial charge in [-0.05, 0) is 55.3 Å². The number of rotatable bonds is 8. The first kappa shape index (κ1) is 31.1. The molecule has 0 saturated carbocycles. The summed E-state index contributed by atoms with van der Waals surface area (Å²) < 4.78 is 22.1. The highest BCUT2D eigenvalue weighted by Crippen LogP contribution is 2.50. The van der Waals surface area contributed by atoms with Gasteiger partial charge in [-0.15, -0.1) is 0 Å². The molecule has 212 valence electrons. The molecule has 1 saturated heterocycles. The standard InChI is InChI=1S/C28H46N2O5SSi2/c1-20-18-30(25(32)29-24(20)31)28(36-21-15-13-12-14-16-21)17-22(35-38(10,11)27(5,6)7)23(34-28)19-33-37(8,9)26(2,3)4/h12-16,18,22-23H,17,19H2,1-11H3,(H,29,31,32)/t22-,23+,28-/m0/s1. The van der Waals surface area contributed by atoms with Crippen LogP contribution in [0.4, 0.5) is 0 Å². The minimum atomic E-state index is -2.19. The van der Waals surface area contributed by atoms with Crippen LogP contribution in [0.3, 0.4) is 0 Å². The molecule has 1 fully saturated rings. The number of aromatic nitrogens is 2. The van der Waals surface area contributed by atoms with Crippen LogP contribution in [0.2, 0.25) is 36.3 Å². The van der Waals surface area contributed by atoms with Crippen molar-refractivity contribution >= 4 is 28.4 Å². The number of benzene rings is 1. The van der Waals surface area contributed by atoms with Gasteiger partial charge in [0.05, 0.1) is 12.7 Å². The number of aryl methyl sites for hydroxylation is 1. The Kier molecular flexibility index (Phi) is 8.88. The van der Waals surface area contributed by atoms with Gasteiger partial charge in [0, 0.05) is 23.1 Å². The molecule has 1 aliphatic heterocycles. The van der Waals surface area contributed by atoms with Crippen molar-refractivity contribution in [3.8, 4) is 0 Å². The first-order valence-corrected chi connectivity index (χ1v) is 20.0. The predicted molar refractivity (Wildman–Crippen MR) is 161 cm³/mol. The summed E-state index contributed by atoms with van der Waals surface area (Å²) in [6.45, 7) is 24.3. The zero-order valence-electron chi connectivity index (χ0n) is 24.9. The van der Waals surface area contributed by atoms with E-state index in [1.165, 1.54) is 16.3 Å². The lowest BCUT2D eigenvalue weighted by Gasteiger charge is -2.40. The lowest BCUT2D eigenvalue weighted by atomic mass is 10.2. The molecule has 0 spiro atoms. The van der Waals surface area contributed by atoms with Gasteiger partial charge in [0.1, 0.15) is 6.10 Å². The summed E-state index contributed by atoms with van der Waals surface area (Å²) in [4.78, 5) is 28.9. The number of H-pyrrole nitrogens is 1. The Morgan fingerprint density at radius 2 is 1.61 bits per heavy atom. The Hall–Kier alpha value is -1.44. The zero-order chi connectivity index (χ0) is 28.7. The fourth-order valence-corrected chi connectivity index (χ4v) is 7.50. The van der Waals surface area contributed by atoms with Crippen LogP contribution in [0.5, 0.6) is 0 Å². The van der Waals surface area contributed by atoms with Gasteiger partial charge in [0.15, 0.2) is 16.6 Å². The van der Waals surface area contributed by atoms with Crippen LogP contribution in [-0.2, 0) is 18.6 Å². The molecular formula is C28H46N2O5SSi2. The van der Waals surface area contributed by atoms with Crippen LogP contribution in [0.15, 0.2) is 51.0 Å². The highest BCUT2D eigenvalue weighted by molar-refractivity contribution is 7.99. The topological polar surface area (TPSA) is 82.6 Å². The quantitative estimate of drug-likeness (QED) is 0.363. The predicted octanol–water partition coefficient (Wildman–Crippen LogP) is 6.45. The van der Waals surface area contributed by atoms with Crippen LogP contribution in [-0.4, -0.2) is 45.0 Å². The van der Waals surface area contributed by atoms with Gasteiger partial charge >= 0.3 is 5.69 Å². The summed E-state index contributed by atoms with van der Waals surface area (Å²) in [5.41, 5.74) is -0.443. The molecule has 0 bridgehead atoms. The molecule has 10 heteroatoms. The summed E-state index contributed by atoms with van der Waals surface area (Å²) in [5.74, 6) is 0. The second-order valence-electron chi connectivity index (χ2n) is 13.4. The molecule has 0 radical (unpaired) electrons. The molecular weight excluding hydrogens is 533 g/mol. The largest absolute Gasteiger partial charge is 0.414 e. The number of hydrogen-bond donors (Lipinski definition) is 1. The second-order valence-corrected chi connectivity index (χ2v) is 24.3. The molecule has 2 heterocycles. The molecule has 0 unspecified atom stereocenters. The molecule has 1 aromatic heterocycles. The Balaban J connectivity index is 2.11. The van der Waals surface area contributed by atoms with Crippen molar-refractivity contribution in [2.75, 3.05) is 6.61 Å². The Morgan fingerprint density at radius 3 is 2.16 bits per heavy atom. The van der Waals surface area contributed by atoms with Crippen LogP contribution < -0.4 is 11.2 Å². The molecule has 2 aromatic rings. The van der Waals surface area contributed by atoms with Crippen LogP contribution in [0.25, 0.3) is 0 Å². The van der Waals surface area contributed by atoms with E-state index in [2.05, 4.69) is 72.7 Å². The fourth-order valence-electron chi connectivity index (χ4n) is 3.83. The minimum Gasteiger partial charge on any atom is -0.414 e. The number of nitrogens with one attached hydrogen (secondary N) is 1. The van der Waals surface area contributed by atoms with Crippen LogP contribution in [0, 0.1) is 6.92 Å². The van der Waals surface area contributed by atoms with Gasteiger partial charge in [-0.2, -0.15) is 0 Å². The van der Waals surface area contributed by atoms with E-state index in [9.17, 15) is 9.59 Å². The van der Waals surface area contributed by atoms with E-state index < -0.39 is 32.9 Å². The minimum absolute atomic E-state index is 0.00106. The maximum Gasteiger partial charge on any atom is 0.331 e. The van der Waals surface area contributed by atoms with Crippen LogP contribution >= 0.6 is 11.8 Å². The third kappa shape index (κ3) is 6.64. The van der Waals surface area contributed by atoms with Gasteiger partial charge in [0.25, 0.3) is 5.56 Å². The Bertz CT molecular complexity index is 1230. The summed E-state index contributed by atoms with van der Waals surface area (Å²) in [6.07, 6.45) is 1.39. The van der Waals surface area contributed by atoms with Crippen molar-refractivity contribution in [1.29, 1.82) is 0 Å². The average molecular weight is 579 g/mol. The molecule has 1 aromatic carbocycles. The smallest absolute Gasteiger partial charge is 0.331 e. The molecule has 0 amide bonds. The normalized spacial score (nSPS) is 23.1. The van der Waals surface area contributed by atoms with Crippen molar-refractivity contribution in [2.45, 2.75) is 113 Å². The van der Waals surface area contributed by atoms with E-state index in [-0.39, 0.29) is 22.3 Å². The van der Waals surface area contributed by atoms with E-state index in [0.717, 1.165) is 4.90 Å². The maximum absolute atomic E-state index is 13.2. The monoisotopic (exact) mass is 578 g/mol. The molecule has 0 aliphatic carbocycles.